The van der Waals surface area contributed by atoms with E-state index in [1.165, 1.54) is 15.6 Å². The molecule has 1 saturated heterocycles. The van der Waals surface area contributed by atoms with Crippen LogP contribution >= 0.6 is 11.3 Å². The summed E-state index contributed by atoms with van der Waals surface area (Å²) >= 11 is 1.27. The second kappa shape index (κ2) is 4.83. The Labute approximate surface area is 100 Å². The van der Waals surface area contributed by atoms with Crippen molar-refractivity contribution >= 4 is 21.4 Å². The van der Waals surface area contributed by atoms with Gasteiger partial charge in [-0.3, -0.25) is 0 Å². The Morgan fingerprint density at radius 1 is 1.56 bits per heavy atom. The van der Waals surface area contributed by atoms with E-state index in [2.05, 4.69) is 5.32 Å². The summed E-state index contributed by atoms with van der Waals surface area (Å²) in [5.41, 5.74) is 0. The standard InChI is InChI=1S/C10H16N2O2S2/c1-12(9-4-2-6-11-8-9)16(13,14)10-5-3-7-15-10/h3,5,7,9,11H,2,4,6,8H2,1H3/t9-/m1/s1. The van der Waals surface area contributed by atoms with E-state index in [1.807, 2.05) is 0 Å². The van der Waals surface area contributed by atoms with Gasteiger partial charge in [-0.1, -0.05) is 6.07 Å². The third kappa shape index (κ3) is 2.29. The molecular formula is C10H16N2O2S2. The molecule has 0 radical (unpaired) electrons. The van der Waals surface area contributed by atoms with Gasteiger partial charge in [0.2, 0.25) is 0 Å². The minimum absolute atomic E-state index is 0.0841. The van der Waals surface area contributed by atoms with Crippen molar-refractivity contribution < 1.29 is 8.42 Å². The van der Waals surface area contributed by atoms with Crippen LogP contribution in [0.1, 0.15) is 12.8 Å². The van der Waals surface area contributed by atoms with Gasteiger partial charge in [-0.2, -0.15) is 4.31 Å². The Morgan fingerprint density at radius 3 is 2.94 bits per heavy atom. The molecule has 2 rings (SSSR count). The number of thiophene rings is 1. The maximum absolute atomic E-state index is 12.2. The molecule has 0 bridgehead atoms. The van der Waals surface area contributed by atoms with Crippen LogP contribution in [0.5, 0.6) is 0 Å². The topological polar surface area (TPSA) is 49.4 Å². The van der Waals surface area contributed by atoms with Crippen LogP contribution < -0.4 is 5.32 Å². The number of nitrogens with zero attached hydrogens (tertiary/aromatic N) is 1. The van der Waals surface area contributed by atoms with Gasteiger partial charge in [-0.15, -0.1) is 11.3 Å². The first kappa shape index (κ1) is 12.0. The van der Waals surface area contributed by atoms with E-state index in [9.17, 15) is 8.42 Å². The van der Waals surface area contributed by atoms with E-state index in [0.717, 1.165) is 25.9 Å². The summed E-state index contributed by atoms with van der Waals surface area (Å²) in [7, 11) is -1.61. The highest BCUT2D eigenvalue weighted by Crippen LogP contribution is 2.23. The third-order valence-electron chi connectivity index (χ3n) is 2.91. The maximum atomic E-state index is 12.2. The monoisotopic (exact) mass is 260 g/mol. The molecule has 0 aliphatic carbocycles. The Bertz CT molecular complexity index is 422. The molecule has 1 fully saturated rings. The molecule has 0 unspecified atom stereocenters. The zero-order chi connectivity index (χ0) is 11.6. The molecule has 1 aliphatic heterocycles. The van der Waals surface area contributed by atoms with Crippen molar-refractivity contribution in [2.45, 2.75) is 23.1 Å². The SMILES string of the molecule is CN([C@@H]1CCCNC1)S(=O)(=O)c1cccs1. The average molecular weight is 260 g/mol. The number of hydrogen-bond acceptors (Lipinski definition) is 4. The minimum Gasteiger partial charge on any atom is -0.315 e. The van der Waals surface area contributed by atoms with Gasteiger partial charge < -0.3 is 5.32 Å². The lowest BCUT2D eigenvalue weighted by Crippen LogP contribution is -2.46. The molecule has 0 saturated carbocycles. The van der Waals surface area contributed by atoms with Crippen molar-refractivity contribution in [3.63, 3.8) is 0 Å². The first-order chi connectivity index (χ1) is 7.62. The van der Waals surface area contributed by atoms with E-state index in [-0.39, 0.29) is 6.04 Å². The largest absolute Gasteiger partial charge is 0.315 e. The fourth-order valence-electron chi connectivity index (χ4n) is 1.89. The van der Waals surface area contributed by atoms with Crippen LogP contribution in [-0.4, -0.2) is 38.9 Å². The Kier molecular flexibility index (Phi) is 3.63. The smallest absolute Gasteiger partial charge is 0.252 e. The number of rotatable bonds is 3. The summed E-state index contributed by atoms with van der Waals surface area (Å²) in [6, 6.07) is 3.51. The molecule has 16 heavy (non-hydrogen) atoms. The van der Waals surface area contributed by atoms with Crippen LogP contribution in [0.4, 0.5) is 0 Å². The summed E-state index contributed by atoms with van der Waals surface area (Å²) < 4.78 is 26.3. The van der Waals surface area contributed by atoms with Crippen LogP contribution in [-0.2, 0) is 10.0 Å². The quantitative estimate of drug-likeness (QED) is 0.886. The van der Waals surface area contributed by atoms with Crippen molar-refractivity contribution in [3.05, 3.63) is 17.5 Å². The fraction of sp³-hybridized carbons (Fsp3) is 0.600. The van der Waals surface area contributed by atoms with Crippen molar-refractivity contribution in [3.8, 4) is 0 Å². The lowest BCUT2D eigenvalue weighted by molar-refractivity contribution is 0.300. The van der Waals surface area contributed by atoms with Crippen molar-refractivity contribution in [1.82, 2.24) is 9.62 Å². The molecule has 1 N–H and O–H groups in total. The number of hydrogen-bond donors (Lipinski definition) is 1. The molecule has 1 aromatic heterocycles. The third-order valence-corrected chi connectivity index (χ3v) is 6.20. The molecule has 2 heterocycles. The van der Waals surface area contributed by atoms with Gasteiger partial charge >= 0.3 is 0 Å². The van der Waals surface area contributed by atoms with E-state index >= 15 is 0 Å². The maximum Gasteiger partial charge on any atom is 0.252 e. The second-order valence-electron chi connectivity index (χ2n) is 3.95. The first-order valence-electron chi connectivity index (χ1n) is 5.34. The van der Waals surface area contributed by atoms with Crippen LogP contribution in [0.2, 0.25) is 0 Å². The lowest BCUT2D eigenvalue weighted by atomic mass is 10.1. The van der Waals surface area contributed by atoms with Gasteiger partial charge in [-0.25, -0.2) is 8.42 Å². The number of piperidine rings is 1. The zero-order valence-electron chi connectivity index (χ0n) is 9.22. The molecule has 0 amide bonds. The van der Waals surface area contributed by atoms with Gasteiger partial charge in [0.25, 0.3) is 10.0 Å². The van der Waals surface area contributed by atoms with Gasteiger partial charge in [0, 0.05) is 19.6 Å². The van der Waals surface area contributed by atoms with Crippen molar-refractivity contribution in [2.24, 2.45) is 0 Å². The van der Waals surface area contributed by atoms with Crippen molar-refractivity contribution in [2.75, 3.05) is 20.1 Å². The highest BCUT2D eigenvalue weighted by atomic mass is 32.2. The number of nitrogens with one attached hydrogen (secondary N) is 1. The van der Waals surface area contributed by atoms with E-state index in [0.29, 0.717) is 4.21 Å². The molecular weight excluding hydrogens is 244 g/mol. The predicted molar refractivity (Wildman–Crippen MR) is 65.2 cm³/mol. The molecule has 1 aromatic rings. The Balaban J connectivity index is 2.17. The van der Waals surface area contributed by atoms with E-state index in [4.69, 9.17) is 0 Å². The van der Waals surface area contributed by atoms with Crippen LogP contribution in [0, 0.1) is 0 Å². The van der Waals surface area contributed by atoms with Gasteiger partial charge in [0.05, 0.1) is 0 Å². The average Bonchev–Trinajstić information content (AvgIpc) is 2.83. The summed E-state index contributed by atoms with van der Waals surface area (Å²) in [4.78, 5) is 0. The Morgan fingerprint density at radius 2 is 2.38 bits per heavy atom. The van der Waals surface area contributed by atoms with E-state index < -0.39 is 10.0 Å². The Hall–Kier alpha value is -0.430. The molecule has 0 aromatic carbocycles. The van der Waals surface area contributed by atoms with Crippen LogP contribution in [0.3, 0.4) is 0 Å². The zero-order valence-corrected chi connectivity index (χ0v) is 10.9. The molecule has 4 nitrogen and oxygen atoms in total. The minimum atomic E-state index is -3.28. The van der Waals surface area contributed by atoms with Crippen LogP contribution in [0.15, 0.2) is 21.7 Å². The van der Waals surface area contributed by atoms with Gasteiger partial charge in [-0.05, 0) is 30.8 Å². The molecule has 6 heteroatoms. The molecule has 0 spiro atoms. The second-order valence-corrected chi connectivity index (χ2v) is 7.13. The van der Waals surface area contributed by atoms with Gasteiger partial charge in [0.15, 0.2) is 0 Å². The van der Waals surface area contributed by atoms with Crippen molar-refractivity contribution in [1.29, 1.82) is 0 Å². The number of sulfonamides is 1. The summed E-state index contributed by atoms with van der Waals surface area (Å²) in [5, 5.41) is 5.02. The summed E-state index contributed by atoms with van der Waals surface area (Å²) in [5.74, 6) is 0. The molecule has 90 valence electrons. The van der Waals surface area contributed by atoms with Crippen LogP contribution in [0.25, 0.3) is 0 Å². The lowest BCUT2D eigenvalue weighted by Gasteiger charge is -2.30. The number of likely N-dealkylation sites (N-methyl/N-ethyl adjacent to an activating group) is 1. The highest BCUT2D eigenvalue weighted by Gasteiger charge is 2.29. The van der Waals surface area contributed by atoms with Gasteiger partial charge in [0.1, 0.15) is 4.21 Å². The predicted octanol–water partition coefficient (Wildman–Crippen LogP) is 1.12. The summed E-state index contributed by atoms with van der Waals surface area (Å²) in [6.07, 6.45) is 1.98. The normalized spacial score (nSPS) is 22.5. The summed E-state index contributed by atoms with van der Waals surface area (Å²) in [6.45, 7) is 1.74. The fourth-order valence-corrected chi connectivity index (χ4v) is 4.45. The molecule has 1 atom stereocenters. The first-order valence-corrected chi connectivity index (χ1v) is 7.66. The molecule has 1 aliphatic rings. The highest BCUT2D eigenvalue weighted by molar-refractivity contribution is 7.91. The van der Waals surface area contributed by atoms with E-state index in [1.54, 1.807) is 24.6 Å².